The Bertz CT molecular complexity index is 896. The van der Waals surface area contributed by atoms with E-state index in [0.29, 0.717) is 36.7 Å². The zero-order valence-electron chi connectivity index (χ0n) is 19.5. The number of hydrogen-bond donors (Lipinski definition) is 0. The smallest absolute Gasteiger partial charge is 0.315 e. The lowest BCUT2D eigenvalue weighted by Gasteiger charge is -2.39. The molecule has 0 amide bonds. The third-order valence-corrected chi connectivity index (χ3v) is 6.10. The van der Waals surface area contributed by atoms with Crippen molar-refractivity contribution >= 4 is 17.5 Å². The van der Waals surface area contributed by atoms with Crippen LogP contribution in [-0.4, -0.2) is 30.7 Å². The third kappa shape index (κ3) is 5.08. The van der Waals surface area contributed by atoms with Gasteiger partial charge in [0, 0.05) is 34.9 Å². The molecule has 1 aliphatic carbocycles. The summed E-state index contributed by atoms with van der Waals surface area (Å²) in [5.41, 5.74) is 2.89. The molecule has 0 radical (unpaired) electrons. The molecule has 0 N–H and O–H groups in total. The van der Waals surface area contributed by atoms with Gasteiger partial charge in [-0.2, -0.15) is 0 Å². The molecule has 1 unspecified atom stereocenters. The van der Waals surface area contributed by atoms with E-state index in [-0.39, 0.29) is 17.2 Å². The molecule has 1 heterocycles. The lowest BCUT2D eigenvalue weighted by atomic mass is 9.66. The first-order valence-electron chi connectivity index (χ1n) is 11.5. The number of allylic oxidation sites excluding steroid dienone is 2. The molecule has 1 aromatic carbocycles. The Kier molecular flexibility index (Phi) is 7.34. The number of ether oxygens (including phenoxy) is 2. The molecule has 0 aromatic heterocycles. The normalized spacial score (nSPS) is 22.6. The first-order valence-corrected chi connectivity index (χ1v) is 11.5. The van der Waals surface area contributed by atoms with Gasteiger partial charge in [-0.15, -0.1) is 0 Å². The fourth-order valence-corrected chi connectivity index (χ4v) is 4.73. The van der Waals surface area contributed by atoms with Gasteiger partial charge in [-0.05, 0) is 38.2 Å². The maximum atomic E-state index is 13.4. The van der Waals surface area contributed by atoms with Crippen LogP contribution in [0.2, 0.25) is 0 Å². The molecule has 0 bridgehead atoms. The van der Waals surface area contributed by atoms with E-state index in [1.165, 1.54) is 0 Å². The molecular formula is C26H35NO4. The molecule has 2 aliphatic rings. The van der Waals surface area contributed by atoms with Gasteiger partial charge in [-0.25, -0.2) is 0 Å². The Morgan fingerprint density at radius 1 is 1.16 bits per heavy atom. The fraction of sp³-hybridized carbons (Fsp3) is 0.577. The Hall–Kier alpha value is -2.43. The number of esters is 1. The number of benzene rings is 1. The molecule has 0 saturated heterocycles. The van der Waals surface area contributed by atoms with Crippen molar-refractivity contribution in [1.82, 2.24) is 0 Å². The predicted octanol–water partition coefficient (Wildman–Crippen LogP) is 5.64. The van der Waals surface area contributed by atoms with Gasteiger partial charge in [-0.1, -0.05) is 51.8 Å². The number of nitrogens with zero attached hydrogens (tertiary/aromatic N) is 1. The number of hydrogen-bond acceptors (Lipinski definition) is 5. The summed E-state index contributed by atoms with van der Waals surface area (Å²) in [6, 6.07) is 7.71. The number of ketones is 1. The molecule has 3 rings (SSSR count). The molecule has 2 atom stereocenters. The third-order valence-electron chi connectivity index (χ3n) is 6.10. The second-order valence-corrected chi connectivity index (χ2v) is 9.36. The molecule has 0 fully saturated rings. The van der Waals surface area contributed by atoms with E-state index >= 15 is 0 Å². The monoisotopic (exact) mass is 425 g/mol. The van der Waals surface area contributed by atoms with Crippen LogP contribution in [0.1, 0.15) is 78.2 Å². The molecular weight excluding hydrogens is 390 g/mol. The summed E-state index contributed by atoms with van der Waals surface area (Å²) in [6.45, 7) is 11.0. The summed E-state index contributed by atoms with van der Waals surface area (Å²) in [6.07, 6.45) is 4.09. The molecule has 1 aliphatic heterocycles. The fourth-order valence-electron chi connectivity index (χ4n) is 4.73. The number of Topliss-reactive ketones (excluding diaryl/α,β-unsaturated/α-hetero) is 1. The SMILES string of the molecule is CCCCCOC(=O)C1C(C)=NC2=C(C(=O)CC(C)(C)C2)[C@@H]1c1ccccc1OCC. The van der Waals surface area contributed by atoms with Crippen molar-refractivity contribution in [2.75, 3.05) is 13.2 Å². The second kappa shape index (κ2) is 9.80. The van der Waals surface area contributed by atoms with E-state index in [2.05, 4.69) is 20.8 Å². The molecule has 31 heavy (non-hydrogen) atoms. The molecule has 5 nitrogen and oxygen atoms in total. The first kappa shape index (κ1) is 23.2. The van der Waals surface area contributed by atoms with E-state index in [0.717, 1.165) is 36.9 Å². The van der Waals surface area contributed by atoms with Gasteiger partial charge in [0.1, 0.15) is 11.7 Å². The molecule has 1 aromatic rings. The van der Waals surface area contributed by atoms with Crippen LogP contribution in [0, 0.1) is 11.3 Å². The number of carbonyl (C=O) groups is 2. The van der Waals surface area contributed by atoms with Crippen LogP contribution in [0.4, 0.5) is 0 Å². The predicted molar refractivity (Wildman–Crippen MR) is 122 cm³/mol. The largest absolute Gasteiger partial charge is 0.494 e. The summed E-state index contributed by atoms with van der Waals surface area (Å²) in [5, 5.41) is 0. The van der Waals surface area contributed by atoms with E-state index in [1.54, 1.807) is 0 Å². The highest BCUT2D eigenvalue weighted by Gasteiger charge is 2.46. The average molecular weight is 426 g/mol. The minimum absolute atomic E-state index is 0.0718. The summed E-state index contributed by atoms with van der Waals surface area (Å²) < 4.78 is 11.6. The van der Waals surface area contributed by atoms with Crippen molar-refractivity contribution in [3.05, 3.63) is 41.1 Å². The van der Waals surface area contributed by atoms with Crippen molar-refractivity contribution < 1.29 is 19.1 Å². The van der Waals surface area contributed by atoms with Crippen molar-refractivity contribution in [2.45, 2.75) is 72.6 Å². The van der Waals surface area contributed by atoms with E-state index < -0.39 is 11.8 Å². The van der Waals surface area contributed by atoms with Crippen LogP contribution in [0.5, 0.6) is 5.75 Å². The van der Waals surface area contributed by atoms with E-state index in [1.807, 2.05) is 38.1 Å². The van der Waals surface area contributed by atoms with Crippen LogP contribution in [0.3, 0.4) is 0 Å². The Labute approximate surface area is 185 Å². The summed E-state index contributed by atoms with van der Waals surface area (Å²) >= 11 is 0. The van der Waals surface area contributed by atoms with Crippen LogP contribution in [-0.2, 0) is 14.3 Å². The summed E-state index contributed by atoms with van der Waals surface area (Å²) in [7, 11) is 0. The van der Waals surface area contributed by atoms with Gasteiger partial charge in [0.15, 0.2) is 5.78 Å². The minimum atomic E-state index is -0.618. The Balaban J connectivity index is 2.07. The zero-order chi connectivity index (χ0) is 22.6. The average Bonchev–Trinajstić information content (AvgIpc) is 2.70. The number of unbranched alkanes of at least 4 members (excludes halogenated alkanes) is 2. The number of aliphatic imine (C=N–C) groups is 1. The van der Waals surface area contributed by atoms with E-state index in [4.69, 9.17) is 14.5 Å². The van der Waals surface area contributed by atoms with Gasteiger partial charge in [0.2, 0.25) is 0 Å². The maximum Gasteiger partial charge on any atom is 0.315 e. The quantitative estimate of drug-likeness (QED) is 0.400. The Morgan fingerprint density at radius 2 is 1.90 bits per heavy atom. The van der Waals surface area contributed by atoms with Crippen LogP contribution in [0.25, 0.3) is 0 Å². The van der Waals surface area contributed by atoms with Crippen molar-refractivity contribution in [3.63, 3.8) is 0 Å². The van der Waals surface area contributed by atoms with Crippen LogP contribution < -0.4 is 4.74 Å². The van der Waals surface area contributed by atoms with Crippen LogP contribution >= 0.6 is 0 Å². The molecule has 0 saturated carbocycles. The maximum absolute atomic E-state index is 13.4. The summed E-state index contributed by atoms with van der Waals surface area (Å²) in [4.78, 5) is 31.4. The lowest BCUT2D eigenvalue weighted by molar-refractivity contribution is -0.146. The van der Waals surface area contributed by atoms with Gasteiger partial charge in [-0.3, -0.25) is 14.6 Å². The molecule has 5 heteroatoms. The standard InChI is InChI=1S/C26H35NO4/c1-6-8-11-14-31-25(29)22-17(3)27-19-15-26(4,5)16-20(28)24(19)23(22)18-12-9-10-13-21(18)30-7-2/h9-10,12-13,22-23H,6-8,11,14-16H2,1-5H3/t22?,23-/m1/s1. The first-order chi connectivity index (χ1) is 14.8. The van der Waals surface area contributed by atoms with Crippen molar-refractivity contribution in [1.29, 1.82) is 0 Å². The number of para-hydroxylation sites is 1. The van der Waals surface area contributed by atoms with Crippen molar-refractivity contribution in [3.8, 4) is 5.75 Å². The minimum Gasteiger partial charge on any atom is -0.494 e. The van der Waals surface area contributed by atoms with E-state index in [9.17, 15) is 9.59 Å². The summed E-state index contributed by atoms with van der Waals surface area (Å²) in [5.74, 6) is -0.581. The number of rotatable bonds is 8. The molecule has 0 spiro atoms. The lowest BCUT2D eigenvalue weighted by Crippen LogP contribution is -2.39. The molecule has 168 valence electrons. The highest BCUT2D eigenvalue weighted by molar-refractivity contribution is 6.09. The van der Waals surface area contributed by atoms with Gasteiger partial charge < -0.3 is 9.47 Å². The van der Waals surface area contributed by atoms with Crippen LogP contribution in [0.15, 0.2) is 40.5 Å². The number of carbonyl (C=O) groups excluding carboxylic acids is 2. The van der Waals surface area contributed by atoms with Gasteiger partial charge in [0.05, 0.1) is 13.2 Å². The highest BCUT2D eigenvalue weighted by Crippen LogP contribution is 2.49. The van der Waals surface area contributed by atoms with Gasteiger partial charge in [0.25, 0.3) is 0 Å². The zero-order valence-corrected chi connectivity index (χ0v) is 19.5. The second-order valence-electron chi connectivity index (χ2n) is 9.36. The highest BCUT2D eigenvalue weighted by atomic mass is 16.5. The Morgan fingerprint density at radius 3 is 2.61 bits per heavy atom. The van der Waals surface area contributed by atoms with Crippen molar-refractivity contribution in [2.24, 2.45) is 16.3 Å². The topological polar surface area (TPSA) is 65.0 Å². The van der Waals surface area contributed by atoms with Gasteiger partial charge >= 0.3 is 5.97 Å².